The van der Waals surface area contributed by atoms with Crippen LogP contribution in [0.5, 0.6) is 0 Å². The van der Waals surface area contributed by atoms with Gasteiger partial charge in [-0.1, -0.05) is 92.4 Å². The van der Waals surface area contributed by atoms with Gasteiger partial charge in [-0.15, -0.1) is 78.5 Å². The molecule has 0 saturated heterocycles. The first-order valence-corrected chi connectivity index (χ1v) is 11.8. The number of carbonyl (C=O) groups is 2. The second kappa shape index (κ2) is 12.8. The van der Waals surface area contributed by atoms with Crippen LogP contribution in [0.1, 0.15) is 11.1 Å². The molecule has 0 bridgehead atoms. The normalized spacial score (nSPS) is 10.1. The number of aliphatic carboxylic acids is 2. The molecule has 0 atom stereocenters. The number of benzene rings is 4. The summed E-state index contributed by atoms with van der Waals surface area (Å²) < 4.78 is 0. The average Bonchev–Trinajstić information content (AvgIpc) is 3.49. The predicted octanol–water partition coefficient (Wildman–Crippen LogP) is 7.84. The summed E-state index contributed by atoms with van der Waals surface area (Å²) in [5.74, 6) is -1.96. The molecule has 0 radical (unpaired) electrons. The second-order valence-electron chi connectivity index (χ2n) is 8.48. The van der Waals surface area contributed by atoms with E-state index in [0.29, 0.717) is 0 Å². The van der Waals surface area contributed by atoms with Crippen LogP contribution >= 0.6 is 0 Å². The first-order chi connectivity index (χ1) is 17.9. The average molecular weight is 534 g/mol. The monoisotopic (exact) mass is 534 g/mol. The van der Waals surface area contributed by atoms with Crippen molar-refractivity contribution in [2.75, 3.05) is 0 Å². The summed E-state index contributed by atoms with van der Waals surface area (Å²) >= 11 is 0. The van der Waals surface area contributed by atoms with E-state index in [0.717, 1.165) is 18.6 Å². The predicted molar refractivity (Wildman–Crippen MR) is 153 cm³/mol. The molecule has 0 heterocycles. The van der Waals surface area contributed by atoms with Crippen molar-refractivity contribution in [3.05, 3.63) is 133 Å². The van der Waals surface area contributed by atoms with Crippen LogP contribution in [0.3, 0.4) is 0 Å². The fraction of sp³-hybridized carbons (Fsp3) is 0.0303. The van der Waals surface area contributed by atoms with Crippen LogP contribution in [0.15, 0.2) is 122 Å². The summed E-state index contributed by atoms with van der Waals surface area (Å²) in [4.78, 5) is 18.5. The minimum Gasteiger partial charge on any atom is -0.478 e. The van der Waals surface area contributed by atoms with Crippen LogP contribution in [0.4, 0.5) is 0 Å². The first kappa shape index (κ1) is 28.3. The fourth-order valence-electron chi connectivity index (χ4n) is 4.60. The first-order valence-electron chi connectivity index (χ1n) is 11.8. The van der Waals surface area contributed by atoms with Gasteiger partial charge in [0.1, 0.15) is 0 Å². The fourth-order valence-corrected chi connectivity index (χ4v) is 4.60. The zero-order valence-corrected chi connectivity index (χ0v) is 22.3. The van der Waals surface area contributed by atoms with E-state index in [4.69, 9.17) is 10.2 Å². The molecule has 0 spiro atoms. The van der Waals surface area contributed by atoms with Crippen molar-refractivity contribution >= 4 is 55.0 Å². The van der Waals surface area contributed by atoms with Gasteiger partial charge in [0, 0.05) is 12.2 Å². The number of carboxylic acids is 2. The number of rotatable bonds is 4. The molecule has 0 amide bonds. The summed E-state index contributed by atoms with van der Waals surface area (Å²) in [5, 5.41) is 26.1. The van der Waals surface area contributed by atoms with Gasteiger partial charge in [0.25, 0.3) is 0 Å². The van der Waals surface area contributed by atoms with Crippen molar-refractivity contribution in [1.82, 2.24) is 0 Å². The van der Waals surface area contributed by atoms with E-state index in [1.807, 2.05) is 0 Å². The van der Waals surface area contributed by atoms with Crippen molar-refractivity contribution in [2.45, 2.75) is 6.42 Å². The summed E-state index contributed by atoms with van der Waals surface area (Å²) in [6.07, 6.45) is 2.63. The Labute approximate surface area is 235 Å². The molecule has 0 aliphatic carbocycles. The van der Waals surface area contributed by atoms with Gasteiger partial charge >= 0.3 is 33.7 Å². The summed E-state index contributed by atoms with van der Waals surface area (Å²) in [5.41, 5.74) is 2.81. The molecule has 6 aromatic rings. The van der Waals surface area contributed by atoms with Gasteiger partial charge in [0.2, 0.25) is 0 Å². The van der Waals surface area contributed by atoms with Gasteiger partial charge in [-0.25, -0.2) is 9.59 Å². The minimum atomic E-state index is -0.981. The molecule has 0 aromatic heterocycles. The topological polar surface area (TPSA) is 74.6 Å². The van der Waals surface area contributed by atoms with E-state index >= 15 is 0 Å². The Balaban J connectivity index is 0.000000315. The van der Waals surface area contributed by atoms with Gasteiger partial charge < -0.3 is 10.2 Å². The number of hydrogen-bond donors (Lipinski definition) is 2. The molecule has 0 unspecified atom stereocenters. The molecule has 0 saturated carbocycles. The van der Waals surface area contributed by atoms with Crippen molar-refractivity contribution in [3.8, 4) is 0 Å². The van der Waals surface area contributed by atoms with Gasteiger partial charge in [-0.05, 0) is 0 Å². The second-order valence-corrected chi connectivity index (χ2v) is 8.48. The van der Waals surface area contributed by atoms with Crippen LogP contribution in [0, 0.1) is 0 Å². The Bertz CT molecular complexity index is 1620. The van der Waals surface area contributed by atoms with Crippen molar-refractivity contribution in [3.63, 3.8) is 0 Å². The summed E-state index contributed by atoms with van der Waals surface area (Å²) in [6.45, 7) is 5.92. The third kappa shape index (κ3) is 6.17. The van der Waals surface area contributed by atoms with Crippen LogP contribution < -0.4 is 0 Å². The molecule has 186 valence electrons. The molecule has 38 heavy (non-hydrogen) atoms. The van der Waals surface area contributed by atoms with Crippen LogP contribution in [-0.4, -0.2) is 22.2 Å². The summed E-state index contributed by atoms with van der Waals surface area (Å²) in [7, 11) is 0. The van der Waals surface area contributed by atoms with Crippen LogP contribution in [0.25, 0.3) is 43.1 Å². The molecular weight excluding hydrogens is 508 g/mol. The molecule has 5 heteroatoms. The Morgan fingerprint density at radius 2 is 0.947 bits per heavy atom. The molecule has 6 aromatic carbocycles. The molecule has 4 nitrogen and oxygen atoms in total. The Hall–Kier alpha value is -4.25. The van der Waals surface area contributed by atoms with Gasteiger partial charge in [0.05, 0.1) is 0 Å². The minimum absolute atomic E-state index is 0. The van der Waals surface area contributed by atoms with Gasteiger partial charge in [-0.3, -0.25) is 0 Å². The Morgan fingerprint density at radius 3 is 1.32 bits per heavy atom. The maximum Gasteiger partial charge on any atom is 2.00 e. The zero-order valence-electron chi connectivity index (χ0n) is 20.7. The van der Waals surface area contributed by atoms with E-state index in [1.54, 1.807) is 0 Å². The number of hydrogen-bond acceptors (Lipinski definition) is 2. The third-order valence-electron chi connectivity index (χ3n) is 6.22. The molecule has 0 aliphatic rings. The standard InChI is InChI=1S/C27H18.2C3H4O2.Ti/c1-3-11-22-20(7-1)16-26-18(9-5-13-24(22)26)15-19-10-6-14-25-23-12-4-2-8-21(23)17-27(19)25;2*1-2-3(4)5;/h1-14,16-17H,15H2;2*2H,1H2,(H,4,5);/q-2;;;+2. The largest absolute Gasteiger partial charge is 2.00 e. The van der Waals surface area contributed by atoms with Crippen LogP contribution in [0.2, 0.25) is 0 Å². The SMILES string of the molecule is C=CC(=O)O.C=CC(=O)O.[Ti+2].c1ccc2c(c1)[cH-]c1c(Cc3cccc4c3[cH-]c3ccccc34)cccc12. The van der Waals surface area contributed by atoms with E-state index < -0.39 is 11.9 Å². The van der Waals surface area contributed by atoms with Gasteiger partial charge in [-0.2, -0.15) is 0 Å². The summed E-state index contributed by atoms with van der Waals surface area (Å²) in [6, 6.07) is 35.5. The smallest absolute Gasteiger partial charge is 0.478 e. The number of fused-ring (bicyclic) bond motifs is 6. The van der Waals surface area contributed by atoms with Crippen molar-refractivity contribution in [1.29, 1.82) is 0 Å². The van der Waals surface area contributed by atoms with Crippen molar-refractivity contribution < 1.29 is 41.5 Å². The van der Waals surface area contributed by atoms with E-state index in [2.05, 4.69) is 110 Å². The maximum absolute atomic E-state index is 9.25. The van der Waals surface area contributed by atoms with Crippen LogP contribution in [-0.2, 0) is 37.7 Å². The Morgan fingerprint density at radius 1 is 0.605 bits per heavy atom. The molecule has 2 N–H and O–H groups in total. The molecule has 0 fully saturated rings. The van der Waals surface area contributed by atoms with E-state index in [1.165, 1.54) is 54.2 Å². The quantitative estimate of drug-likeness (QED) is 0.137. The van der Waals surface area contributed by atoms with E-state index in [9.17, 15) is 9.59 Å². The molecular formula is C33H26O4Ti. The maximum atomic E-state index is 9.25. The van der Waals surface area contributed by atoms with E-state index in [-0.39, 0.29) is 21.7 Å². The van der Waals surface area contributed by atoms with Crippen molar-refractivity contribution in [2.24, 2.45) is 0 Å². The zero-order chi connectivity index (χ0) is 26.4. The molecule has 0 aliphatic heterocycles. The Kier molecular flexibility index (Phi) is 9.56. The van der Waals surface area contributed by atoms with Gasteiger partial charge in [0.15, 0.2) is 0 Å². The molecule has 6 rings (SSSR count). The third-order valence-corrected chi connectivity index (χ3v) is 6.22. The number of carboxylic acid groups (broad SMARTS) is 2.